The first-order valence-electron chi connectivity index (χ1n) is 13.8. The lowest BCUT2D eigenvalue weighted by Crippen LogP contribution is -2.56. The molecule has 0 spiro atoms. The Bertz CT molecular complexity index is 1150. The lowest BCUT2D eigenvalue weighted by atomic mass is 9.71. The quantitative estimate of drug-likeness (QED) is 0.200. The molecule has 2 saturated heterocycles. The van der Waals surface area contributed by atoms with Gasteiger partial charge in [-0.25, -0.2) is 0 Å². The molecular weight excluding hydrogens is 535 g/mol. The van der Waals surface area contributed by atoms with Gasteiger partial charge in [-0.3, -0.25) is 0 Å². The van der Waals surface area contributed by atoms with Crippen molar-refractivity contribution in [3.63, 3.8) is 0 Å². The van der Waals surface area contributed by atoms with Crippen molar-refractivity contribution < 1.29 is 4.65 Å². The van der Waals surface area contributed by atoms with E-state index in [0.717, 1.165) is 50.4 Å². The third-order valence-electron chi connectivity index (χ3n) is 8.64. The third kappa shape index (κ3) is 7.33. The van der Waals surface area contributed by atoms with E-state index in [2.05, 4.69) is 53.4 Å². The number of hydroxylamine groups is 3. The second kappa shape index (κ2) is 13.2. The molecule has 3 aromatic carbocycles. The van der Waals surface area contributed by atoms with Crippen LogP contribution >= 0.6 is 35.6 Å². The number of hydrogen-bond donors (Lipinski definition) is 0. The van der Waals surface area contributed by atoms with Crippen LogP contribution in [0.3, 0.4) is 0 Å². The van der Waals surface area contributed by atoms with Gasteiger partial charge >= 0.3 is 0 Å². The van der Waals surface area contributed by atoms with E-state index >= 15 is 0 Å². The van der Waals surface area contributed by atoms with E-state index in [1.54, 1.807) is 0 Å². The molecule has 204 valence electrons. The van der Waals surface area contributed by atoms with Crippen LogP contribution in [0.15, 0.2) is 78.9 Å². The van der Waals surface area contributed by atoms with Crippen LogP contribution in [0, 0.1) is 11.1 Å². The van der Waals surface area contributed by atoms with Gasteiger partial charge in [0.2, 0.25) is 0 Å². The van der Waals surface area contributed by atoms with E-state index in [-0.39, 0.29) is 22.5 Å². The highest BCUT2D eigenvalue weighted by Crippen LogP contribution is 2.42. The van der Waals surface area contributed by atoms with Gasteiger partial charge in [0.1, 0.15) is 6.54 Å². The van der Waals surface area contributed by atoms with Crippen LogP contribution in [-0.2, 0) is 18.4 Å². The van der Waals surface area contributed by atoms with Crippen molar-refractivity contribution >= 4 is 35.6 Å². The molecular formula is C32H39Cl3N2O. The smallest absolute Gasteiger partial charge is 0.104 e. The molecule has 5 rings (SSSR count). The van der Waals surface area contributed by atoms with Gasteiger partial charge in [0, 0.05) is 11.0 Å². The maximum absolute atomic E-state index is 14.2. The first-order chi connectivity index (χ1) is 17.9. The summed E-state index contributed by atoms with van der Waals surface area (Å²) in [6.07, 6.45) is 6.58. The van der Waals surface area contributed by atoms with E-state index in [0.29, 0.717) is 29.7 Å². The SMILES string of the molecule is Cl.[O-][N+]1(Cc2ccccc2)CCCC(CCN2CCC(Cc3ccccc3)CC2)(c2ccc(Cl)c(Cl)c2)C1. The molecule has 3 aromatic rings. The fraction of sp³-hybridized carbons (Fsp3) is 0.438. The highest BCUT2D eigenvalue weighted by molar-refractivity contribution is 6.42. The molecule has 0 bridgehead atoms. The van der Waals surface area contributed by atoms with Crippen LogP contribution in [0.1, 0.15) is 48.8 Å². The predicted molar refractivity (Wildman–Crippen MR) is 162 cm³/mol. The number of benzene rings is 3. The summed E-state index contributed by atoms with van der Waals surface area (Å²) in [5.74, 6) is 0.759. The highest BCUT2D eigenvalue weighted by atomic mass is 35.5. The molecule has 0 aliphatic carbocycles. The first-order valence-corrected chi connectivity index (χ1v) is 14.5. The molecule has 0 saturated carbocycles. The van der Waals surface area contributed by atoms with Gasteiger partial charge in [-0.15, -0.1) is 12.4 Å². The fourth-order valence-electron chi connectivity index (χ4n) is 6.61. The minimum absolute atomic E-state index is 0. The molecule has 6 heteroatoms. The van der Waals surface area contributed by atoms with Crippen molar-refractivity contribution in [2.75, 3.05) is 32.7 Å². The first kappa shape index (κ1) is 29.4. The molecule has 2 heterocycles. The fourth-order valence-corrected chi connectivity index (χ4v) is 6.91. The monoisotopic (exact) mass is 572 g/mol. The number of rotatable bonds is 8. The normalized spacial score (nSPS) is 24.6. The van der Waals surface area contributed by atoms with Crippen LogP contribution in [0.5, 0.6) is 0 Å². The van der Waals surface area contributed by atoms with Crippen molar-refractivity contribution in [2.45, 2.75) is 50.5 Å². The van der Waals surface area contributed by atoms with Crippen LogP contribution in [-0.4, -0.2) is 42.3 Å². The summed E-state index contributed by atoms with van der Waals surface area (Å²) in [6.45, 7) is 5.07. The molecule has 0 aromatic heterocycles. The number of nitrogens with zero attached hydrogens (tertiary/aromatic N) is 2. The topological polar surface area (TPSA) is 26.3 Å². The lowest BCUT2D eigenvalue weighted by Gasteiger charge is -2.53. The van der Waals surface area contributed by atoms with E-state index < -0.39 is 0 Å². The van der Waals surface area contributed by atoms with Crippen molar-refractivity contribution in [1.82, 2.24) is 4.90 Å². The van der Waals surface area contributed by atoms with Gasteiger partial charge in [0.25, 0.3) is 0 Å². The number of piperidine rings is 2. The zero-order chi connectivity index (χ0) is 25.7. The van der Waals surface area contributed by atoms with Crippen molar-refractivity contribution in [1.29, 1.82) is 0 Å². The van der Waals surface area contributed by atoms with E-state index in [1.807, 2.05) is 30.3 Å². The molecule has 3 nitrogen and oxygen atoms in total. The number of likely N-dealkylation sites (tertiary alicyclic amines) is 2. The van der Waals surface area contributed by atoms with Crippen LogP contribution < -0.4 is 0 Å². The Labute approximate surface area is 244 Å². The van der Waals surface area contributed by atoms with E-state index in [4.69, 9.17) is 23.2 Å². The van der Waals surface area contributed by atoms with Crippen LogP contribution in [0.4, 0.5) is 0 Å². The van der Waals surface area contributed by atoms with E-state index in [9.17, 15) is 5.21 Å². The minimum atomic E-state index is -0.191. The summed E-state index contributed by atoms with van der Waals surface area (Å²) in [5, 5.41) is 15.3. The average molecular weight is 574 g/mol. The van der Waals surface area contributed by atoms with Crippen molar-refractivity contribution in [2.24, 2.45) is 5.92 Å². The largest absolute Gasteiger partial charge is 0.633 e. The Morgan fingerprint density at radius 2 is 1.53 bits per heavy atom. The van der Waals surface area contributed by atoms with Crippen LogP contribution in [0.25, 0.3) is 0 Å². The Morgan fingerprint density at radius 3 is 2.18 bits per heavy atom. The zero-order valence-corrected chi connectivity index (χ0v) is 24.4. The summed E-state index contributed by atoms with van der Waals surface area (Å²) in [7, 11) is 0. The number of halogens is 3. The minimum Gasteiger partial charge on any atom is -0.633 e. The molecule has 0 N–H and O–H groups in total. The predicted octanol–water partition coefficient (Wildman–Crippen LogP) is 8.31. The Kier molecular flexibility index (Phi) is 10.2. The number of hydrogen-bond acceptors (Lipinski definition) is 2. The molecule has 0 amide bonds. The van der Waals surface area contributed by atoms with Gasteiger partial charge in [-0.1, -0.05) is 89.9 Å². The second-order valence-electron chi connectivity index (χ2n) is 11.3. The van der Waals surface area contributed by atoms with Gasteiger partial charge in [-0.2, -0.15) is 0 Å². The summed E-state index contributed by atoms with van der Waals surface area (Å²) in [6, 6.07) is 27.1. The maximum atomic E-state index is 14.2. The second-order valence-corrected chi connectivity index (χ2v) is 12.1. The molecule has 2 unspecified atom stereocenters. The maximum Gasteiger partial charge on any atom is 0.104 e. The highest BCUT2D eigenvalue weighted by Gasteiger charge is 2.43. The molecule has 0 radical (unpaired) electrons. The molecule has 2 aliphatic heterocycles. The summed E-state index contributed by atoms with van der Waals surface area (Å²) >= 11 is 12.8. The molecule has 38 heavy (non-hydrogen) atoms. The standard InChI is InChI=1S/C32H38Cl2N2O.ClH/c33-30-13-12-29(23-31(30)34)32(16-7-21-36(37,25-32)24-28-10-5-2-6-11-28)17-20-35-18-14-27(15-19-35)22-26-8-3-1-4-9-26;/h1-6,8-13,23,27H,7,14-22,24-25H2;1H. The molecule has 2 aliphatic rings. The summed E-state index contributed by atoms with van der Waals surface area (Å²) < 4.78 is -0.177. The van der Waals surface area contributed by atoms with Gasteiger partial charge in [0.15, 0.2) is 0 Å². The summed E-state index contributed by atoms with van der Waals surface area (Å²) in [4.78, 5) is 2.62. The Morgan fingerprint density at radius 1 is 0.868 bits per heavy atom. The molecule has 2 atom stereocenters. The summed E-state index contributed by atoms with van der Waals surface area (Å²) in [5.41, 5.74) is 3.55. The van der Waals surface area contributed by atoms with E-state index in [1.165, 1.54) is 30.4 Å². The van der Waals surface area contributed by atoms with Gasteiger partial charge in [0.05, 0.1) is 23.1 Å². The Balaban J connectivity index is 0.00000336. The molecule has 2 fully saturated rings. The average Bonchev–Trinajstić information content (AvgIpc) is 2.91. The third-order valence-corrected chi connectivity index (χ3v) is 9.38. The lowest BCUT2D eigenvalue weighted by molar-refractivity contribution is -0.903. The van der Waals surface area contributed by atoms with Crippen molar-refractivity contribution in [3.8, 4) is 0 Å². The van der Waals surface area contributed by atoms with Gasteiger partial charge < -0.3 is 14.8 Å². The van der Waals surface area contributed by atoms with Crippen molar-refractivity contribution in [3.05, 3.63) is 111 Å². The Hall–Kier alpha value is -1.59. The van der Waals surface area contributed by atoms with Gasteiger partial charge in [-0.05, 0) is 87.3 Å². The number of quaternary nitrogens is 1. The zero-order valence-electron chi connectivity index (χ0n) is 22.0. The van der Waals surface area contributed by atoms with Crippen LogP contribution in [0.2, 0.25) is 10.0 Å².